The highest BCUT2D eigenvalue weighted by Crippen LogP contribution is 2.16. The van der Waals surface area contributed by atoms with Crippen molar-refractivity contribution < 1.29 is 14.4 Å². The molecule has 1 aliphatic heterocycles. The van der Waals surface area contributed by atoms with E-state index in [0.29, 0.717) is 31.0 Å². The molecule has 2 unspecified atom stereocenters. The number of rotatable bonds is 5. The number of nitrogens with zero attached hydrogens (tertiary/aromatic N) is 2. The molecule has 0 bridgehead atoms. The maximum absolute atomic E-state index is 9.45. The predicted molar refractivity (Wildman–Crippen MR) is 57.0 cm³/mol. The van der Waals surface area contributed by atoms with Crippen molar-refractivity contribution in [1.29, 1.82) is 0 Å². The normalized spacial score (nSPS) is 22.5. The summed E-state index contributed by atoms with van der Waals surface area (Å²) >= 11 is 0. The maximum atomic E-state index is 9.45. The largest absolute Gasteiger partial charge is 0.393 e. The van der Waals surface area contributed by atoms with Crippen molar-refractivity contribution in [2.75, 3.05) is 6.61 Å². The van der Waals surface area contributed by atoms with Crippen LogP contribution in [-0.4, -0.2) is 34.1 Å². The first kappa shape index (κ1) is 11.5. The van der Waals surface area contributed by atoms with Crippen LogP contribution < -0.4 is 0 Å². The van der Waals surface area contributed by atoms with Crippen molar-refractivity contribution in [2.45, 2.75) is 51.2 Å². The van der Waals surface area contributed by atoms with Gasteiger partial charge < -0.3 is 14.4 Å². The summed E-state index contributed by atoms with van der Waals surface area (Å²) in [7, 11) is 0. The van der Waals surface area contributed by atoms with Crippen LogP contribution in [0.1, 0.15) is 37.9 Å². The molecule has 0 amide bonds. The first-order valence-electron chi connectivity index (χ1n) is 5.89. The Kier molecular flexibility index (Phi) is 3.90. The van der Waals surface area contributed by atoms with Crippen LogP contribution in [0.4, 0.5) is 0 Å². The molecule has 0 saturated carbocycles. The summed E-state index contributed by atoms with van der Waals surface area (Å²) < 4.78 is 10.6. The monoisotopic (exact) mass is 226 g/mol. The molecule has 1 aliphatic rings. The highest BCUT2D eigenvalue weighted by atomic mass is 16.5. The fraction of sp³-hybridized carbons (Fsp3) is 0.818. The Labute approximate surface area is 94.8 Å². The van der Waals surface area contributed by atoms with Gasteiger partial charge in [-0.2, -0.15) is 4.98 Å². The minimum absolute atomic E-state index is 0.238. The molecular formula is C11H18N2O3. The van der Waals surface area contributed by atoms with Gasteiger partial charge >= 0.3 is 0 Å². The van der Waals surface area contributed by atoms with E-state index in [-0.39, 0.29) is 6.10 Å². The third-order valence-electron chi connectivity index (χ3n) is 2.83. The van der Waals surface area contributed by atoms with E-state index in [1.54, 1.807) is 0 Å². The molecule has 0 aromatic carbocycles. The first-order chi connectivity index (χ1) is 7.78. The van der Waals surface area contributed by atoms with Gasteiger partial charge in [0.1, 0.15) is 0 Å². The zero-order chi connectivity index (χ0) is 11.4. The molecule has 5 nitrogen and oxygen atoms in total. The van der Waals surface area contributed by atoms with E-state index < -0.39 is 6.10 Å². The smallest absolute Gasteiger partial charge is 0.229 e. The Morgan fingerprint density at radius 2 is 2.44 bits per heavy atom. The molecule has 16 heavy (non-hydrogen) atoms. The van der Waals surface area contributed by atoms with E-state index in [2.05, 4.69) is 10.1 Å². The lowest BCUT2D eigenvalue weighted by Gasteiger charge is -2.04. The topological polar surface area (TPSA) is 68.4 Å². The van der Waals surface area contributed by atoms with Gasteiger partial charge in [-0.05, 0) is 19.3 Å². The highest BCUT2D eigenvalue weighted by Gasteiger charge is 2.19. The molecule has 1 N–H and O–H groups in total. The van der Waals surface area contributed by atoms with Crippen molar-refractivity contribution in [3.8, 4) is 0 Å². The minimum atomic E-state index is -0.393. The standard InChI is InChI=1S/C11H18N2O3/c1-2-8(14)6-11-12-10(13-16-11)7-9-4-3-5-15-9/h8-9,14H,2-7H2,1H3. The number of hydrogen-bond donors (Lipinski definition) is 1. The third kappa shape index (κ3) is 3.02. The number of aromatic nitrogens is 2. The van der Waals surface area contributed by atoms with E-state index in [9.17, 15) is 5.11 Å². The van der Waals surface area contributed by atoms with Crippen LogP contribution in [0.3, 0.4) is 0 Å². The lowest BCUT2D eigenvalue weighted by Crippen LogP contribution is -2.11. The summed E-state index contributed by atoms with van der Waals surface area (Å²) in [5, 5.41) is 13.3. The second-order valence-electron chi connectivity index (χ2n) is 4.21. The molecular weight excluding hydrogens is 208 g/mol. The van der Waals surface area contributed by atoms with Gasteiger partial charge in [-0.1, -0.05) is 12.1 Å². The van der Waals surface area contributed by atoms with Gasteiger partial charge in [0.25, 0.3) is 0 Å². The zero-order valence-corrected chi connectivity index (χ0v) is 9.56. The first-order valence-corrected chi connectivity index (χ1v) is 5.89. The fourth-order valence-corrected chi connectivity index (χ4v) is 1.81. The molecule has 0 aliphatic carbocycles. The van der Waals surface area contributed by atoms with Crippen LogP contribution in [0.5, 0.6) is 0 Å². The number of aliphatic hydroxyl groups excluding tert-OH is 1. The minimum Gasteiger partial charge on any atom is -0.393 e. The summed E-state index contributed by atoms with van der Waals surface area (Å²) in [5.41, 5.74) is 0. The maximum Gasteiger partial charge on any atom is 0.229 e. The van der Waals surface area contributed by atoms with Gasteiger partial charge in [-0.3, -0.25) is 0 Å². The molecule has 5 heteroatoms. The predicted octanol–water partition coefficient (Wildman–Crippen LogP) is 1.10. The third-order valence-corrected chi connectivity index (χ3v) is 2.83. The lowest BCUT2D eigenvalue weighted by atomic mass is 10.2. The Hall–Kier alpha value is -0.940. The molecule has 1 fully saturated rings. The van der Waals surface area contributed by atoms with Gasteiger partial charge in [-0.15, -0.1) is 0 Å². The Morgan fingerprint density at radius 3 is 3.12 bits per heavy atom. The number of aliphatic hydroxyl groups is 1. The molecule has 0 spiro atoms. The van der Waals surface area contributed by atoms with Crippen LogP contribution in [0.2, 0.25) is 0 Å². The van der Waals surface area contributed by atoms with Crippen LogP contribution in [0.25, 0.3) is 0 Å². The van der Waals surface area contributed by atoms with Crippen LogP contribution >= 0.6 is 0 Å². The van der Waals surface area contributed by atoms with Crippen molar-refractivity contribution in [3.63, 3.8) is 0 Å². The van der Waals surface area contributed by atoms with Gasteiger partial charge in [0.2, 0.25) is 5.89 Å². The summed E-state index contributed by atoms with van der Waals surface area (Å²) in [6.07, 6.45) is 3.88. The van der Waals surface area contributed by atoms with Gasteiger partial charge in [-0.25, -0.2) is 0 Å². The summed E-state index contributed by atoms with van der Waals surface area (Å²) in [6.45, 7) is 2.76. The Morgan fingerprint density at radius 1 is 1.56 bits per heavy atom. The van der Waals surface area contributed by atoms with Crippen LogP contribution in [0, 0.1) is 0 Å². The summed E-state index contributed by atoms with van der Waals surface area (Å²) in [6, 6.07) is 0. The van der Waals surface area contributed by atoms with Crippen molar-refractivity contribution in [3.05, 3.63) is 11.7 Å². The molecule has 0 radical (unpaired) electrons. The van der Waals surface area contributed by atoms with Gasteiger partial charge in [0.15, 0.2) is 5.82 Å². The molecule has 2 rings (SSSR count). The Balaban J connectivity index is 1.86. The average Bonchev–Trinajstić information content (AvgIpc) is 2.91. The molecule has 2 heterocycles. The quantitative estimate of drug-likeness (QED) is 0.814. The van der Waals surface area contributed by atoms with E-state index in [4.69, 9.17) is 9.26 Å². The van der Waals surface area contributed by atoms with E-state index in [1.807, 2.05) is 6.92 Å². The van der Waals surface area contributed by atoms with Crippen molar-refractivity contribution >= 4 is 0 Å². The second-order valence-corrected chi connectivity index (χ2v) is 4.21. The zero-order valence-electron chi connectivity index (χ0n) is 9.56. The highest BCUT2D eigenvalue weighted by molar-refractivity contribution is 4.91. The van der Waals surface area contributed by atoms with Gasteiger partial charge in [0, 0.05) is 13.0 Å². The molecule has 1 aromatic heterocycles. The number of hydrogen-bond acceptors (Lipinski definition) is 5. The van der Waals surface area contributed by atoms with Crippen LogP contribution in [0.15, 0.2) is 4.52 Å². The SMILES string of the molecule is CCC(O)Cc1nc(CC2CCCO2)no1. The van der Waals surface area contributed by atoms with Gasteiger partial charge in [0.05, 0.1) is 18.6 Å². The van der Waals surface area contributed by atoms with E-state index in [1.165, 1.54) is 0 Å². The lowest BCUT2D eigenvalue weighted by molar-refractivity contribution is 0.109. The molecule has 2 atom stereocenters. The second kappa shape index (κ2) is 5.41. The van der Waals surface area contributed by atoms with E-state index in [0.717, 1.165) is 19.4 Å². The summed E-state index contributed by atoms with van der Waals surface area (Å²) in [5.74, 6) is 1.20. The molecule has 1 saturated heterocycles. The van der Waals surface area contributed by atoms with Crippen molar-refractivity contribution in [2.24, 2.45) is 0 Å². The average molecular weight is 226 g/mol. The number of ether oxygens (including phenoxy) is 1. The summed E-state index contributed by atoms with van der Waals surface area (Å²) in [4.78, 5) is 4.24. The molecule has 90 valence electrons. The fourth-order valence-electron chi connectivity index (χ4n) is 1.81. The van der Waals surface area contributed by atoms with E-state index >= 15 is 0 Å². The van der Waals surface area contributed by atoms with Crippen LogP contribution in [-0.2, 0) is 17.6 Å². The molecule has 1 aromatic rings. The van der Waals surface area contributed by atoms with Crippen molar-refractivity contribution in [1.82, 2.24) is 10.1 Å². The Bertz CT molecular complexity index is 321.